The van der Waals surface area contributed by atoms with Crippen molar-refractivity contribution in [2.45, 2.75) is 6.18 Å². The van der Waals surface area contributed by atoms with Gasteiger partial charge in [0.25, 0.3) is 0 Å². The molecule has 0 unspecified atom stereocenters. The zero-order valence-electron chi connectivity index (χ0n) is 9.33. The molecule has 0 aromatic carbocycles. The lowest BCUT2D eigenvalue weighted by Crippen LogP contribution is -2.19. The molecule has 0 atom stereocenters. The first-order valence-corrected chi connectivity index (χ1v) is 4.98. The third kappa shape index (κ3) is 2.49. The van der Waals surface area contributed by atoms with E-state index in [4.69, 9.17) is 10.9 Å². The number of aromatic nitrogens is 3. The second-order valence-corrected chi connectivity index (χ2v) is 3.51. The van der Waals surface area contributed by atoms with Crippen LogP contribution in [0.3, 0.4) is 0 Å². The van der Waals surface area contributed by atoms with Crippen LogP contribution in [0, 0.1) is 0 Å². The second-order valence-electron chi connectivity index (χ2n) is 3.51. The molecule has 9 heteroatoms. The molecular formula is C10H8F3N5O. The molecule has 2 heterocycles. The van der Waals surface area contributed by atoms with Crippen molar-refractivity contribution in [3.05, 3.63) is 42.1 Å². The molecule has 6 nitrogen and oxygen atoms in total. The van der Waals surface area contributed by atoms with Crippen LogP contribution < -0.4 is 5.73 Å². The SMILES string of the molecule is NC(=NO)c1nccn1-c1ccc(C(F)(F)F)cn1. The van der Waals surface area contributed by atoms with Gasteiger partial charge in [-0.25, -0.2) is 9.97 Å². The van der Waals surface area contributed by atoms with E-state index in [-0.39, 0.29) is 17.5 Å². The summed E-state index contributed by atoms with van der Waals surface area (Å²) in [6, 6.07) is 2.05. The molecule has 0 aliphatic rings. The summed E-state index contributed by atoms with van der Waals surface area (Å²) in [6.07, 6.45) is -0.962. The van der Waals surface area contributed by atoms with Crippen molar-refractivity contribution in [3.8, 4) is 5.82 Å². The average Bonchev–Trinajstić information content (AvgIpc) is 2.86. The Balaban J connectivity index is 2.41. The summed E-state index contributed by atoms with van der Waals surface area (Å²) in [5, 5.41) is 11.3. The first kappa shape index (κ1) is 12.9. The molecule has 0 spiro atoms. The van der Waals surface area contributed by atoms with E-state index in [9.17, 15) is 13.2 Å². The highest BCUT2D eigenvalue weighted by molar-refractivity contribution is 5.94. The van der Waals surface area contributed by atoms with Gasteiger partial charge in [-0.05, 0) is 12.1 Å². The fourth-order valence-corrected chi connectivity index (χ4v) is 1.42. The predicted molar refractivity (Wildman–Crippen MR) is 58.9 cm³/mol. The van der Waals surface area contributed by atoms with Crippen LogP contribution in [-0.2, 0) is 6.18 Å². The lowest BCUT2D eigenvalue weighted by atomic mass is 10.3. The fourth-order valence-electron chi connectivity index (χ4n) is 1.42. The summed E-state index contributed by atoms with van der Waals surface area (Å²) in [7, 11) is 0. The molecule has 19 heavy (non-hydrogen) atoms. The Labute approximate surface area is 105 Å². The highest BCUT2D eigenvalue weighted by Crippen LogP contribution is 2.28. The number of nitrogens with two attached hydrogens (primary N) is 1. The topological polar surface area (TPSA) is 89.3 Å². The highest BCUT2D eigenvalue weighted by Gasteiger charge is 2.30. The van der Waals surface area contributed by atoms with Crippen LogP contribution in [0.25, 0.3) is 5.82 Å². The van der Waals surface area contributed by atoms with Gasteiger partial charge < -0.3 is 10.9 Å². The highest BCUT2D eigenvalue weighted by atomic mass is 19.4. The maximum atomic E-state index is 12.4. The van der Waals surface area contributed by atoms with Crippen molar-refractivity contribution < 1.29 is 18.4 Å². The number of hydrogen-bond acceptors (Lipinski definition) is 4. The molecule has 0 aliphatic carbocycles. The van der Waals surface area contributed by atoms with Gasteiger partial charge in [-0.3, -0.25) is 4.57 Å². The molecule has 0 saturated heterocycles. The first-order chi connectivity index (χ1) is 8.93. The number of pyridine rings is 1. The molecule has 2 rings (SSSR count). The van der Waals surface area contributed by atoms with E-state index in [2.05, 4.69) is 15.1 Å². The minimum absolute atomic E-state index is 0.0785. The number of rotatable bonds is 2. The smallest absolute Gasteiger partial charge is 0.409 e. The van der Waals surface area contributed by atoms with Gasteiger partial charge in [-0.1, -0.05) is 5.16 Å². The lowest BCUT2D eigenvalue weighted by molar-refractivity contribution is -0.137. The monoisotopic (exact) mass is 271 g/mol. The molecular weight excluding hydrogens is 263 g/mol. The van der Waals surface area contributed by atoms with E-state index in [0.29, 0.717) is 6.20 Å². The molecule has 0 radical (unpaired) electrons. The number of oxime groups is 1. The van der Waals surface area contributed by atoms with Crippen molar-refractivity contribution in [1.82, 2.24) is 14.5 Å². The molecule has 0 bridgehead atoms. The molecule has 2 aromatic rings. The van der Waals surface area contributed by atoms with E-state index in [1.54, 1.807) is 0 Å². The Bertz CT molecular complexity index is 602. The van der Waals surface area contributed by atoms with Crippen LogP contribution >= 0.6 is 0 Å². The maximum absolute atomic E-state index is 12.4. The van der Waals surface area contributed by atoms with Gasteiger partial charge >= 0.3 is 6.18 Å². The molecule has 0 saturated carbocycles. The number of halogens is 3. The molecule has 2 aromatic heterocycles. The molecule has 0 aliphatic heterocycles. The van der Waals surface area contributed by atoms with Crippen molar-refractivity contribution >= 4 is 5.84 Å². The van der Waals surface area contributed by atoms with Crippen LogP contribution in [-0.4, -0.2) is 25.6 Å². The van der Waals surface area contributed by atoms with Crippen molar-refractivity contribution in [2.75, 3.05) is 0 Å². The number of hydrogen-bond donors (Lipinski definition) is 2. The quantitative estimate of drug-likeness (QED) is 0.374. The van der Waals surface area contributed by atoms with Crippen molar-refractivity contribution in [3.63, 3.8) is 0 Å². The predicted octanol–water partition coefficient (Wildman–Crippen LogP) is 1.38. The summed E-state index contributed by atoms with van der Waals surface area (Å²) < 4.78 is 38.5. The van der Waals surface area contributed by atoms with Crippen molar-refractivity contribution in [2.24, 2.45) is 10.9 Å². The zero-order chi connectivity index (χ0) is 14.0. The molecule has 0 amide bonds. The van der Waals surface area contributed by atoms with Crippen LogP contribution in [0.2, 0.25) is 0 Å². The Hall–Kier alpha value is -2.58. The number of imidazole rings is 1. The Morgan fingerprint density at radius 1 is 1.32 bits per heavy atom. The molecule has 100 valence electrons. The maximum Gasteiger partial charge on any atom is 0.417 e. The Morgan fingerprint density at radius 2 is 2.05 bits per heavy atom. The van der Waals surface area contributed by atoms with Gasteiger partial charge in [-0.15, -0.1) is 0 Å². The van der Waals surface area contributed by atoms with E-state index < -0.39 is 11.7 Å². The fraction of sp³-hybridized carbons (Fsp3) is 0.100. The average molecular weight is 271 g/mol. The van der Waals surface area contributed by atoms with Gasteiger partial charge in [0.1, 0.15) is 5.82 Å². The second kappa shape index (κ2) is 4.59. The third-order valence-corrected chi connectivity index (χ3v) is 2.30. The zero-order valence-corrected chi connectivity index (χ0v) is 9.33. The van der Waals surface area contributed by atoms with Gasteiger partial charge in [0.05, 0.1) is 5.56 Å². The third-order valence-electron chi connectivity index (χ3n) is 2.30. The van der Waals surface area contributed by atoms with E-state index in [1.807, 2.05) is 0 Å². The van der Waals surface area contributed by atoms with E-state index in [1.165, 1.54) is 23.0 Å². The summed E-state index contributed by atoms with van der Waals surface area (Å²) in [5.74, 6) is -0.0199. The van der Waals surface area contributed by atoms with Crippen LogP contribution in [0.1, 0.15) is 11.4 Å². The van der Waals surface area contributed by atoms with E-state index in [0.717, 1.165) is 6.07 Å². The van der Waals surface area contributed by atoms with E-state index >= 15 is 0 Å². The lowest BCUT2D eigenvalue weighted by Gasteiger charge is -2.08. The summed E-state index contributed by atoms with van der Waals surface area (Å²) in [5.41, 5.74) is 4.53. The van der Waals surface area contributed by atoms with Crippen LogP contribution in [0.5, 0.6) is 0 Å². The van der Waals surface area contributed by atoms with Crippen molar-refractivity contribution in [1.29, 1.82) is 0 Å². The molecule has 3 N–H and O–H groups in total. The summed E-state index contributed by atoms with van der Waals surface area (Å²) >= 11 is 0. The minimum Gasteiger partial charge on any atom is -0.409 e. The largest absolute Gasteiger partial charge is 0.417 e. The number of alkyl halides is 3. The standard InChI is InChI=1S/C10H8F3N5O/c11-10(12,13)6-1-2-7(16-5-6)18-4-3-15-9(18)8(14)17-19/h1-5,19H,(H2,14,17). The Morgan fingerprint density at radius 3 is 2.58 bits per heavy atom. The number of amidine groups is 1. The van der Waals surface area contributed by atoms with Gasteiger partial charge in [0.2, 0.25) is 5.84 Å². The first-order valence-electron chi connectivity index (χ1n) is 4.98. The van der Waals surface area contributed by atoms with Gasteiger partial charge in [0.15, 0.2) is 5.82 Å². The Kier molecular flexibility index (Phi) is 3.11. The normalized spacial score (nSPS) is 12.7. The summed E-state index contributed by atoms with van der Waals surface area (Å²) in [4.78, 5) is 7.50. The summed E-state index contributed by atoms with van der Waals surface area (Å²) in [6.45, 7) is 0. The van der Waals surface area contributed by atoms with Crippen LogP contribution in [0.4, 0.5) is 13.2 Å². The minimum atomic E-state index is -4.45. The van der Waals surface area contributed by atoms with Gasteiger partial charge in [0, 0.05) is 18.6 Å². The molecule has 0 fully saturated rings. The van der Waals surface area contributed by atoms with Gasteiger partial charge in [-0.2, -0.15) is 13.2 Å². The number of nitrogens with zero attached hydrogens (tertiary/aromatic N) is 4. The van der Waals surface area contributed by atoms with Crippen LogP contribution in [0.15, 0.2) is 35.9 Å².